The van der Waals surface area contributed by atoms with E-state index in [0.717, 1.165) is 0 Å². The molecule has 2 aromatic rings. The Labute approximate surface area is 136 Å². The van der Waals surface area contributed by atoms with Crippen LogP contribution in [0.5, 0.6) is 11.5 Å². The predicted octanol–water partition coefficient (Wildman–Crippen LogP) is 3.58. The minimum atomic E-state index is -2.95. The molecule has 1 aromatic carbocycles. The first kappa shape index (κ1) is 17.0. The summed E-state index contributed by atoms with van der Waals surface area (Å²) < 4.78 is 35.3. The zero-order valence-corrected chi connectivity index (χ0v) is 13.1. The van der Waals surface area contributed by atoms with Crippen LogP contribution in [0.4, 0.5) is 8.78 Å². The fraction of sp³-hybridized carbons (Fsp3) is 0.200. The van der Waals surface area contributed by atoms with Crippen LogP contribution in [0.3, 0.4) is 0 Å². The second-order valence-electron chi connectivity index (χ2n) is 4.49. The van der Waals surface area contributed by atoms with Crippen molar-refractivity contribution in [3.63, 3.8) is 0 Å². The van der Waals surface area contributed by atoms with Crippen LogP contribution < -0.4 is 9.47 Å². The number of allylic oxidation sites excluding steroid dienone is 1. The lowest BCUT2D eigenvalue weighted by Gasteiger charge is -2.10. The number of methoxy groups -OCH3 is 1. The van der Waals surface area contributed by atoms with Crippen LogP contribution in [0.15, 0.2) is 30.5 Å². The Morgan fingerprint density at radius 3 is 2.70 bits per heavy atom. The number of halogens is 3. The number of nitrogens with zero attached hydrogens (tertiary/aromatic N) is 2. The van der Waals surface area contributed by atoms with Gasteiger partial charge in [0.25, 0.3) is 0 Å². The molecular weight excluding hydrogens is 330 g/mol. The maximum atomic E-state index is 12.3. The molecule has 0 amide bonds. The molecule has 0 aliphatic rings. The van der Waals surface area contributed by atoms with Crippen LogP contribution >= 0.6 is 11.6 Å². The highest BCUT2D eigenvalue weighted by molar-refractivity contribution is 6.34. The second-order valence-corrected chi connectivity index (χ2v) is 4.89. The highest BCUT2D eigenvalue weighted by Crippen LogP contribution is 2.30. The zero-order chi connectivity index (χ0) is 17.0. The highest BCUT2D eigenvalue weighted by atomic mass is 35.5. The number of ketones is 1. The topological polar surface area (TPSA) is 53.3 Å². The number of aryl methyl sites for hydroxylation is 1. The number of rotatable bonds is 6. The standard InChI is InChI=1S/C15H13ClF2N2O3/c1-20-8-10(16)14(19-20)11(21)5-3-9-4-6-12(23-15(17)18)13(7-9)22-2/h3-8,15H,1-2H3. The van der Waals surface area contributed by atoms with Crippen molar-refractivity contribution < 1.29 is 23.0 Å². The van der Waals surface area contributed by atoms with Gasteiger partial charge in [-0.15, -0.1) is 0 Å². The van der Waals surface area contributed by atoms with Crippen molar-refractivity contribution in [3.8, 4) is 11.5 Å². The maximum absolute atomic E-state index is 12.3. The minimum Gasteiger partial charge on any atom is -0.493 e. The molecule has 23 heavy (non-hydrogen) atoms. The van der Waals surface area contributed by atoms with Crippen molar-refractivity contribution in [1.29, 1.82) is 0 Å². The van der Waals surface area contributed by atoms with E-state index in [1.807, 2.05) is 0 Å². The van der Waals surface area contributed by atoms with Gasteiger partial charge in [0.2, 0.25) is 5.78 Å². The van der Waals surface area contributed by atoms with Crippen molar-refractivity contribution in [1.82, 2.24) is 9.78 Å². The molecule has 0 N–H and O–H groups in total. The van der Waals surface area contributed by atoms with Crippen LogP contribution in [0, 0.1) is 0 Å². The Kier molecular flexibility index (Phi) is 5.33. The monoisotopic (exact) mass is 342 g/mol. The maximum Gasteiger partial charge on any atom is 0.387 e. The average Bonchev–Trinajstić information content (AvgIpc) is 2.84. The quantitative estimate of drug-likeness (QED) is 0.595. The van der Waals surface area contributed by atoms with E-state index in [-0.39, 0.29) is 28.0 Å². The molecule has 5 nitrogen and oxygen atoms in total. The van der Waals surface area contributed by atoms with E-state index >= 15 is 0 Å². The van der Waals surface area contributed by atoms with Gasteiger partial charge in [-0.05, 0) is 23.8 Å². The number of carbonyl (C=O) groups excluding carboxylic acids is 1. The van der Waals surface area contributed by atoms with Crippen molar-refractivity contribution in [3.05, 3.63) is 46.8 Å². The molecule has 0 aliphatic heterocycles. The van der Waals surface area contributed by atoms with Gasteiger partial charge in [0.15, 0.2) is 17.2 Å². The Balaban J connectivity index is 2.19. The van der Waals surface area contributed by atoms with E-state index in [2.05, 4.69) is 9.84 Å². The molecule has 2 rings (SSSR count). The van der Waals surface area contributed by atoms with Gasteiger partial charge in [0.05, 0.1) is 12.1 Å². The van der Waals surface area contributed by atoms with E-state index in [4.69, 9.17) is 16.3 Å². The molecule has 0 unspecified atom stereocenters. The summed E-state index contributed by atoms with van der Waals surface area (Å²) in [7, 11) is 2.99. The number of hydrogen-bond donors (Lipinski definition) is 0. The van der Waals surface area contributed by atoms with Crippen molar-refractivity contribution in [2.75, 3.05) is 7.11 Å². The largest absolute Gasteiger partial charge is 0.493 e. The summed E-state index contributed by atoms with van der Waals surface area (Å²) in [5, 5.41) is 4.21. The smallest absolute Gasteiger partial charge is 0.387 e. The molecule has 0 spiro atoms. The third-order valence-corrected chi connectivity index (χ3v) is 3.13. The van der Waals surface area contributed by atoms with Gasteiger partial charge < -0.3 is 9.47 Å². The van der Waals surface area contributed by atoms with Gasteiger partial charge in [-0.2, -0.15) is 13.9 Å². The fourth-order valence-corrected chi connectivity index (χ4v) is 2.13. The van der Waals surface area contributed by atoms with Gasteiger partial charge in [-0.1, -0.05) is 23.7 Å². The number of carbonyl (C=O) groups is 1. The first-order chi connectivity index (χ1) is 10.9. The third kappa shape index (κ3) is 4.29. The Morgan fingerprint density at radius 1 is 1.39 bits per heavy atom. The molecule has 0 saturated carbocycles. The molecule has 0 bridgehead atoms. The van der Waals surface area contributed by atoms with Gasteiger partial charge in [-0.3, -0.25) is 9.48 Å². The number of alkyl halides is 2. The summed E-state index contributed by atoms with van der Waals surface area (Å²) in [5.74, 6) is -0.322. The van der Waals surface area contributed by atoms with Gasteiger partial charge in [-0.25, -0.2) is 0 Å². The van der Waals surface area contributed by atoms with Gasteiger partial charge in [0.1, 0.15) is 0 Å². The average molecular weight is 343 g/mol. The van der Waals surface area contributed by atoms with Crippen LogP contribution in [0.25, 0.3) is 6.08 Å². The first-order valence-corrected chi connectivity index (χ1v) is 6.83. The summed E-state index contributed by atoms with van der Waals surface area (Å²) in [6.07, 6.45) is 4.31. The van der Waals surface area contributed by atoms with E-state index < -0.39 is 6.61 Å². The molecular formula is C15H13ClF2N2O3. The molecule has 122 valence electrons. The Bertz CT molecular complexity index is 744. The lowest BCUT2D eigenvalue weighted by molar-refractivity contribution is -0.0512. The summed E-state index contributed by atoms with van der Waals surface area (Å²) in [5.41, 5.74) is 0.707. The van der Waals surface area contributed by atoms with Crippen LogP contribution in [0.1, 0.15) is 16.1 Å². The Hall–Kier alpha value is -2.41. The summed E-state index contributed by atoms with van der Waals surface area (Å²) in [4.78, 5) is 12.0. The summed E-state index contributed by atoms with van der Waals surface area (Å²) in [6, 6.07) is 4.33. The predicted molar refractivity (Wildman–Crippen MR) is 81.2 cm³/mol. The fourth-order valence-electron chi connectivity index (χ4n) is 1.86. The summed E-state index contributed by atoms with van der Waals surface area (Å²) in [6.45, 7) is -2.95. The molecule has 1 heterocycles. The van der Waals surface area contributed by atoms with Crippen molar-refractivity contribution in [2.24, 2.45) is 7.05 Å². The van der Waals surface area contributed by atoms with E-state index in [1.165, 1.54) is 48.3 Å². The van der Waals surface area contributed by atoms with E-state index in [0.29, 0.717) is 5.56 Å². The van der Waals surface area contributed by atoms with Gasteiger partial charge >= 0.3 is 6.61 Å². The summed E-state index contributed by atoms with van der Waals surface area (Å²) >= 11 is 5.89. The van der Waals surface area contributed by atoms with Gasteiger partial charge in [0, 0.05) is 13.2 Å². The number of aromatic nitrogens is 2. The molecule has 0 aliphatic carbocycles. The first-order valence-electron chi connectivity index (χ1n) is 6.45. The SMILES string of the molecule is COc1cc(C=CC(=O)c2nn(C)cc2Cl)ccc1OC(F)F. The third-order valence-electron chi connectivity index (χ3n) is 2.85. The molecule has 8 heteroatoms. The second kappa shape index (κ2) is 7.23. The van der Waals surface area contributed by atoms with Crippen molar-refractivity contribution in [2.45, 2.75) is 6.61 Å². The number of ether oxygens (including phenoxy) is 2. The lowest BCUT2D eigenvalue weighted by atomic mass is 10.1. The zero-order valence-electron chi connectivity index (χ0n) is 12.3. The van der Waals surface area contributed by atoms with E-state index in [1.54, 1.807) is 7.05 Å². The van der Waals surface area contributed by atoms with Crippen LogP contribution in [0.2, 0.25) is 5.02 Å². The number of hydrogen-bond acceptors (Lipinski definition) is 4. The lowest BCUT2D eigenvalue weighted by Crippen LogP contribution is -2.03. The molecule has 0 saturated heterocycles. The normalized spacial score (nSPS) is 11.2. The molecule has 0 fully saturated rings. The number of benzene rings is 1. The van der Waals surface area contributed by atoms with Crippen molar-refractivity contribution >= 4 is 23.5 Å². The molecule has 0 atom stereocenters. The van der Waals surface area contributed by atoms with E-state index in [9.17, 15) is 13.6 Å². The molecule has 0 radical (unpaired) electrons. The Morgan fingerprint density at radius 2 is 2.13 bits per heavy atom. The minimum absolute atomic E-state index is 0.0845. The molecule has 1 aromatic heterocycles. The van der Waals surface area contributed by atoms with Crippen LogP contribution in [-0.4, -0.2) is 29.3 Å². The highest BCUT2D eigenvalue weighted by Gasteiger charge is 2.13. The van der Waals surface area contributed by atoms with Crippen LogP contribution in [-0.2, 0) is 7.05 Å².